The van der Waals surface area contributed by atoms with Gasteiger partial charge in [0.1, 0.15) is 5.82 Å². The third kappa shape index (κ3) is 3.19. The monoisotopic (exact) mass is 301 g/mol. The summed E-state index contributed by atoms with van der Waals surface area (Å²) < 4.78 is 0. The molecule has 1 aromatic carbocycles. The molecule has 1 atom stereocenters. The second kappa shape index (κ2) is 6.45. The number of aliphatic hydroxyl groups is 1. The lowest BCUT2D eigenvalue weighted by atomic mass is 10.1. The van der Waals surface area contributed by atoms with Crippen LogP contribution in [0.3, 0.4) is 0 Å². The molecule has 0 saturated carbocycles. The van der Waals surface area contributed by atoms with Crippen molar-refractivity contribution >= 4 is 17.6 Å². The van der Waals surface area contributed by atoms with Crippen LogP contribution in [0.5, 0.6) is 0 Å². The summed E-state index contributed by atoms with van der Waals surface area (Å²) in [4.78, 5) is 12.4. The lowest BCUT2D eigenvalue weighted by molar-refractivity contribution is 0.154. The van der Waals surface area contributed by atoms with E-state index in [1.165, 1.54) is 4.90 Å². The molecule has 1 aromatic heterocycles. The molecule has 5 heteroatoms. The van der Waals surface area contributed by atoms with Crippen molar-refractivity contribution in [3.63, 3.8) is 0 Å². The Morgan fingerprint density at radius 2 is 2.14 bits per heavy atom. The maximum absolute atomic E-state index is 9.82. The average Bonchev–Trinajstić information content (AvgIpc) is 2.55. The molecular formula is C16H19N3OS. The molecule has 2 heterocycles. The first-order chi connectivity index (χ1) is 10.3. The molecule has 0 aliphatic carbocycles. The maximum atomic E-state index is 9.82. The molecule has 2 aromatic rings. The zero-order chi connectivity index (χ0) is 14.7. The van der Waals surface area contributed by atoms with Crippen molar-refractivity contribution in [1.29, 1.82) is 0 Å². The number of aromatic nitrogens is 2. The van der Waals surface area contributed by atoms with E-state index in [0.29, 0.717) is 6.54 Å². The van der Waals surface area contributed by atoms with Gasteiger partial charge in [-0.2, -0.15) is 0 Å². The maximum Gasteiger partial charge on any atom is 0.162 e. The second-order valence-electron chi connectivity index (χ2n) is 5.18. The number of piperidine rings is 1. The van der Waals surface area contributed by atoms with Crippen molar-refractivity contribution in [2.24, 2.45) is 0 Å². The van der Waals surface area contributed by atoms with E-state index in [-0.39, 0.29) is 6.10 Å². The van der Waals surface area contributed by atoms with E-state index in [0.717, 1.165) is 36.6 Å². The van der Waals surface area contributed by atoms with E-state index >= 15 is 0 Å². The Morgan fingerprint density at radius 3 is 2.95 bits per heavy atom. The molecule has 3 rings (SSSR count). The van der Waals surface area contributed by atoms with Crippen LogP contribution < -0.4 is 4.90 Å². The van der Waals surface area contributed by atoms with E-state index in [1.807, 2.05) is 18.2 Å². The van der Waals surface area contributed by atoms with E-state index in [4.69, 9.17) is 4.98 Å². The van der Waals surface area contributed by atoms with Crippen molar-refractivity contribution in [2.45, 2.75) is 23.8 Å². The highest BCUT2D eigenvalue weighted by Gasteiger charge is 2.19. The number of β-amino-alcohol motifs (C(OH)–C–C–N with tert-alkyl or cyclic N) is 1. The normalized spacial score (nSPS) is 18.8. The van der Waals surface area contributed by atoms with Gasteiger partial charge in [0.25, 0.3) is 0 Å². The lowest BCUT2D eigenvalue weighted by Gasteiger charge is -2.31. The molecule has 0 radical (unpaired) electrons. The molecule has 0 amide bonds. The molecule has 21 heavy (non-hydrogen) atoms. The van der Waals surface area contributed by atoms with Gasteiger partial charge in [-0.25, -0.2) is 9.97 Å². The van der Waals surface area contributed by atoms with E-state index in [9.17, 15) is 5.11 Å². The Balaban J connectivity index is 1.92. The van der Waals surface area contributed by atoms with Crippen LogP contribution in [0.4, 0.5) is 5.82 Å². The zero-order valence-corrected chi connectivity index (χ0v) is 12.9. The number of aliphatic hydroxyl groups excluding tert-OH is 1. The molecule has 1 aliphatic rings. The molecular weight excluding hydrogens is 282 g/mol. The highest BCUT2D eigenvalue weighted by molar-refractivity contribution is 7.98. The van der Waals surface area contributed by atoms with Crippen LogP contribution in [0, 0.1) is 0 Å². The number of thioether (sulfide) groups is 1. The SMILES string of the molecule is CSc1ccccc1-c1nccc(N2CCCC(O)C2)n1. The number of rotatable bonds is 3. The minimum absolute atomic E-state index is 0.254. The van der Waals surface area contributed by atoms with Crippen LogP contribution in [-0.4, -0.2) is 40.5 Å². The quantitative estimate of drug-likeness (QED) is 0.883. The van der Waals surface area contributed by atoms with Crippen molar-refractivity contribution in [2.75, 3.05) is 24.2 Å². The smallest absolute Gasteiger partial charge is 0.162 e. The molecule has 1 aliphatic heterocycles. The Bertz CT molecular complexity index is 620. The summed E-state index contributed by atoms with van der Waals surface area (Å²) in [6, 6.07) is 10.1. The molecule has 4 nitrogen and oxygen atoms in total. The Hall–Kier alpha value is -1.59. The minimum atomic E-state index is -0.254. The molecule has 110 valence electrons. The molecule has 1 fully saturated rings. The van der Waals surface area contributed by atoms with Gasteiger partial charge in [-0.05, 0) is 31.2 Å². The fourth-order valence-corrected chi connectivity index (χ4v) is 3.24. The van der Waals surface area contributed by atoms with Gasteiger partial charge in [0.05, 0.1) is 6.10 Å². The van der Waals surface area contributed by atoms with Gasteiger partial charge < -0.3 is 10.0 Å². The largest absolute Gasteiger partial charge is 0.391 e. The van der Waals surface area contributed by atoms with Gasteiger partial charge in [0, 0.05) is 29.7 Å². The van der Waals surface area contributed by atoms with E-state index in [1.54, 1.807) is 18.0 Å². The summed E-state index contributed by atoms with van der Waals surface area (Å²) in [6.45, 7) is 1.60. The standard InChI is InChI=1S/C16H19N3OS/c1-21-14-7-3-2-6-13(14)16-17-9-8-15(18-16)19-10-4-5-12(20)11-19/h2-3,6-9,12,20H,4-5,10-11H2,1H3. The highest BCUT2D eigenvalue weighted by Crippen LogP contribution is 2.28. The third-order valence-corrected chi connectivity index (χ3v) is 4.51. The topological polar surface area (TPSA) is 49.2 Å². The Kier molecular flexibility index (Phi) is 4.41. The molecule has 1 saturated heterocycles. The zero-order valence-electron chi connectivity index (χ0n) is 12.1. The lowest BCUT2D eigenvalue weighted by Crippen LogP contribution is -2.38. The van der Waals surface area contributed by atoms with Crippen molar-refractivity contribution in [3.05, 3.63) is 36.5 Å². The number of benzene rings is 1. The highest BCUT2D eigenvalue weighted by atomic mass is 32.2. The Morgan fingerprint density at radius 1 is 1.29 bits per heavy atom. The van der Waals surface area contributed by atoms with Gasteiger partial charge >= 0.3 is 0 Å². The fourth-order valence-electron chi connectivity index (χ4n) is 2.65. The van der Waals surface area contributed by atoms with Crippen molar-refractivity contribution in [3.8, 4) is 11.4 Å². The number of nitrogens with zero attached hydrogens (tertiary/aromatic N) is 3. The van der Waals surface area contributed by atoms with Crippen LogP contribution in [0.1, 0.15) is 12.8 Å². The van der Waals surface area contributed by atoms with Crippen LogP contribution in [-0.2, 0) is 0 Å². The van der Waals surface area contributed by atoms with E-state index < -0.39 is 0 Å². The summed E-state index contributed by atoms with van der Waals surface area (Å²) in [5, 5.41) is 9.82. The molecule has 0 bridgehead atoms. The predicted molar refractivity (Wildman–Crippen MR) is 86.7 cm³/mol. The summed E-state index contributed by atoms with van der Waals surface area (Å²) >= 11 is 1.70. The first kappa shape index (κ1) is 14.4. The molecule has 1 unspecified atom stereocenters. The van der Waals surface area contributed by atoms with Gasteiger partial charge in [-0.1, -0.05) is 18.2 Å². The van der Waals surface area contributed by atoms with Crippen LogP contribution in [0.25, 0.3) is 11.4 Å². The second-order valence-corrected chi connectivity index (χ2v) is 6.03. The van der Waals surface area contributed by atoms with Crippen molar-refractivity contribution < 1.29 is 5.11 Å². The first-order valence-corrected chi connectivity index (χ1v) is 8.40. The molecule has 1 N–H and O–H groups in total. The number of hydrogen-bond acceptors (Lipinski definition) is 5. The van der Waals surface area contributed by atoms with Crippen LogP contribution in [0.2, 0.25) is 0 Å². The average molecular weight is 301 g/mol. The summed E-state index contributed by atoms with van der Waals surface area (Å²) in [6.07, 6.45) is 5.49. The van der Waals surface area contributed by atoms with Crippen LogP contribution >= 0.6 is 11.8 Å². The molecule has 0 spiro atoms. The predicted octanol–water partition coefficient (Wildman–Crippen LogP) is 2.83. The number of hydrogen-bond donors (Lipinski definition) is 1. The van der Waals surface area contributed by atoms with Gasteiger partial charge in [-0.3, -0.25) is 0 Å². The van der Waals surface area contributed by atoms with Gasteiger partial charge in [0.15, 0.2) is 5.82 Å². The number of anilines is 1. The first-order valence-electron chi connectivity index (χ1n) is 7.17. The van der Waals surface area contributed by atoms with E-state index in [2.05, 4.69) is 28.3 Å². The minimum Gasteiger partial charge on any atom is -0.391 e. The Labute approximate surface area is 129 Å². The summed E-state index contributed by atoms with van der Waals surface area (Å²) in [5.74, 6) is 1.65. The summed E-state index contributed by atoms with van der Waals surface area (Å²) in [7, 11) is 0. The van der Waals surface area contributed by atoms with Gasteiger partial charge in [-0.15, -0.1) is 11.8 Å². The van der Waals surface area contributed by atoms with Crippen molar-refractivity contribution in [1.82, 2.24) is 9.97 Å². The van der Waals surface area contributed by atoms with Crippen LogP contribution in [0.15, 0.2) is 41.4 Å². The third-order valence-electron chi connectivity index (χ3n) is 3.71. The fraction of sp³-hybridized carbons (Fsp3) is 0.375. The summed E-state index contributed by atoms with van der Waals surface area (Å²) in [5.41, 5.74) is 1.06. The van der Waals surface area contributed by atoms with Gasteiger partial charge in [0.2, 0.25) is 0 Å².